The van der Waals surface area contributed by atoms with Gasteiger partial charge in [0.25, 0.3) is 0 Å². The molecule has 0 spiro atoms. The molecule has 0 saturated carbocycles. The van der Waals surface area contributed by atoms with Crippen LogP contribution in [0.1, 0.15) is 12.8 Å². The maximum absolute atomic E-state index is 10.8. The smallest absolute Gasteiger partial charge is 0.327 e. The molecule has 0 aromatic carbocycles. The molecule has 66 valence electrons. The molecular formula is C9H13NO2. The van der Waals surface area contributed by atoms with E-state index in [-0.39, 0.29) is 6.04 Å². The van der Waals surface area contributed by atoms with Gasteiger partial charge >= 0.3 is 5.97 Å². The lowest BCUT2D eigenvalue weighted by Gasteiger charge is -2.20. The first kappa shape index (κ1) is 9.00. The van der Waals surface area contributed by atoms with E-state index in [0.29, 0.717) is 6.42 Å². The summed E-state index contributed by atoms with van der Waals surface area (Å²) in [6.45, 7) is 7.14. The lowest BCUT2D eigenvalue weighted by molar-refractivity contribution is -0.142. The molecule has 1 aliphatic rings. The van der Waals surface area contributed by atoms with E-state index in [1.54, 1.807) is 6.08 Å². The second kappa shape index (κ2) is 3.11. The Balaban J connectivity index is 2.78. The summed E-state index contributed by atoms with van der Waals surface area (Å²) in [5.74, 6) is -0.859. The highest BCUT2D eigenvalue weighted by atomic mass is 16.4. The molecule has 2 N–H and O–H groups in total. The first-order chi connectivity index (χ1) is 5.64. The number of carbonyl (C=O) groups is 1. The Kier molecular flexibility index (Phi) is 2.33. The normalized spacial score (nSPS) is 34.5. The van der Waals surface area contributed by atoms with Gasteiger partial charge in [-0.3, -0.25) is 5.32 Å². The number of nitrogens with one attached hydrogen (secondary N) is 1. The van der Waals surface area contributed by atoms with Crippen molar-refractivity contribution in [3.05, 3.63) is 25.3 Å². The minimum Gasteiger partial charge on any atom is -0.480 e. The van der Waals surface area contributed by atoms with Crippen LogP contribution < -0.4 is 5.32 Å². The van der Waals surface area contributed by atoms with Crippen molar-refractivity contribution in [1.82, 2.24) is 5.32 Å². The highest BCUT2D eigenvalue weighted by Gasteiger charge is 2.41. The Labute approximate surface area is 71.8 Å². The van der Waals surface area contributed by atoms with Crippen LogP contribution in [0.2, 0.25) is 0 Å². The molecule has 0 radical (unpaired) electrons. The summed E-state index contributed by atoms with van der Waals surface area (Å²) in [6, 6.07) is 0.0964. The summed E-state index contributed by atoms with van der Waals surface area (Å²) in [6.07, 6.45) is 4.58. The fourth-order valence-electron chi connectivity index (χ4n) is 1.45. The molecule has 3 heteroatoms. The molecule has 3 nitrogen and oxygen atoms in total. The van der Waals surface area contributed by atoms with Crippen molar-refractivity contribution in [2.75, 3.05) is 0 Å². The molecule has 1 aliphatic heterocycles. The van der Waals surface area contributed by atoms with Crippen LogP contribution in [0, 0.1) is 0 Å². The minimum atomic E-state index is -0.932. The zero-order valence-electron chi connectivity index (χ0n) is 6.92. The van der Waals surface area contributed by atoms with Crippen molar-refractivity contribution in [3.63, 3.8) is 0 Å². The Morgan fingerprint density at radius 1 is 1.67 bits per heavy atom. The molecule has 2 atom stereocenters. The number of aliphatic carboxylic acids is 1. The molecule has 0 aromatic rings. The van der Waals surface area contributed by atoms with Gasteiger partial charge in [-0.2, -0.15) is 0 Å². The maximum atomic E-state index is 10.8. The van der Waals surface area contributed by atoms with Gasteiger partial charge in [0, 0.05) is 6.04 Å². The van der Waals surface area contributed by atoms with Gasteiger partial charge in [0.05, 0.1) is 0 Å². The predicted octanol–water partition coefficient (Wildman–Crippen LogP) is 0.934. The van der Waals surface area contributed by atoms with Crippen LogP contribution in [0.5, 0.6) is 0 Å². The Morgan fingerprint density at radius 2 is 2.33 bits per heavy atom. The monoisotopic (exact) mass is 167 g/mol. The quantitative estimate of drug-likeness (QED) is 0.615. The molecule has 0 aliphatic carbocycles. The van der Waals surface area contributed by atoms with Crippen LogP contribution >= 0.6 is 0 Å². The highest BCUT2D eigenvalue weighted by Crippen LogP contribution is 2.25. The van der Waals surface area contributed by atoms with Gasteiger partial charge in [-0.1, -0.05) is 12.2 Å². The van der Waals surface area contributed by atoms with Crippen molar-refractivity contribution in [2.45, 2.75) is 24.4 Å². The number of hydrogen-bond acceptors (Lipinski definition) is 2. The maximum Gasteiger partial charge on any atom is 0.327 e. The zero-order valence-corrected chi connectivity index (χ0v) is 6.92. The van der Waals surface area contributed by atoms with Gasteiger partial charge in [-0.25, -0.2) is 4.79 Å². The summed E-state index contributed by atoms with van der Waals surface area (Å²) < 4.78 is 0. The van der Waals surface area contributed by atoms with E-state index in [4.69, 9.17) is 5.11 Å². The highest BCUT2D eigenvalue weighted by molar-refractivity contribution is 5.82. The SMILES string of the molecule is C=CC1CCC(C=C)(C(=O)O)N1. The van der Waals surface area contributed by atoms with E-state index < -0.39 is 11.5 Å². The molecule has 1 rings (SSSR count). The van der Waals surface area contributed by atoms with Crippen LogP contribution in [-0.4, -0.2) is 22.7 Å². The second-order valence-electron chi connectivity index (χ2n) is 3.01. The molecule has 0 bridgehead atoms. The average Bonchev–Trinajstić information content (AvgIpc) is 2.48. The number of rotatable bonds is 3. The number of hydrogen-bond donors (Lipinski definition) is 2. The van der Waals surface area contributed by atoms with Gasteiger partial charge in [0.1, 0.15) is 5.54 Å². The lowest BCUT2D eigenvalue weighted by Crippen LogP contribution is -2.47. The summed E-state index contributed by atoms with van der Waals surface area (Å²) >= 11 is 0. The molecule has 0 amide bonds. The van der Waals surface area contributed by atoms with Gasteiger partial charge in [-0.05, 0) is 12.8 Å². The van der Waals surface area contributed by atoms with E-state index in [9.17, 15) is 4.79 Å². The van der Waals surface area contributed by atoms with Crippen LogP contribution in [0.3, 0.4) is 0 Å². The molecular weight excluding hydrogens is 154 g/mol. The summed E-state index contributed by atoms with van der Waals surface area (Å²) in [7, 11) is 0. The summed E-state index contributed by atoms with van der Waals surface area (Å²) in [5, 5.41) is 11.9. The summed E-state index contributed by atoms with van der Waals surface area (Å²) in [4.78, 5) is 10.8. The van der Waals surface area contributed by atoms with E-state index >= 15 is 0 Å². The molecule has 1 heterocycles. The number of carboxylic acids is 1. The van der Waals surface area contributed by atoms with Gasteiger partial charge < -0.3 is 5.11 Å². The van der Waals surface area contributed by atoms with Crippen molar-refractivity contribution in [3.8, 4) is 0 Å². The van der Waals surface area contributed by atoms with Crippen molar-refractivity contribution >= 4 is 5.97 Å². The van der Waals surface area contributed by atoms with E-state index in [0.717, 1.165) is 6.42 Å². The fraction of sp³-hybridized carbons (Fsp3) is 0.444. The largest absolute Gasteiger partial charge is 0.480 e. The van der Waals surface area contributed by atoms with Crippen LogP contribution in [0.15, 0.2) is 25.3 Å². The molecule has 12 heavy (non-hydrogen) atoms. The Bertz CT molecular complexity index is 225. The fourth-order valence-corrected chi connectivity index (χ4v) is 1.45. The third kappa shape index (κ3) is 1.28. The predicted molar refractivity (Wildman–Crippen MR) is 46.9 cm³/mol. The van der Waals surface area contributed by atoms with Crippen molar-refractivity contribution in [2.24, 2.45) is 0 Å². The molecule has 1 saturated heterocycles. The lowest BCUT2D eigenvalue weighted by atomic mass is 9.98. The van der Waals surface area contributed by atoms with E-state index in [1.165, 1.54) is 6.08 Å². The third-order valence-electron chi connectivity index (χ3n) is 2.31. The first-order valence-corrected chi connectivity index (χ1v) is 3.92. The number of carboxylic acid groups (broad SMARTS) is 1. The molecule has 2 unspecified atom stereocenters. The third-order valence-corrected chi connectivity index (χ3v) is 2.31. The van der Waals surface area contributed by atoms with E-state index in [2.05, 4.69) is 18.5 Å². The van der Waals surface area contributed by atoms with Crippen molar-refractivity contribution in [1.29, 1.82) is 0 Å². The topological polar surface area (TPSA) is 49.3 Å². The Morgan fingerprint density at radius 3 is 2.58 bits per heavy atom. The first-order valence-electron chi connectivity index (χ1n) is 3.92. The average molecular weight is 167 g/mol. The summed E-state index contributed by atoms with van der Waals surface area (Å²) in [5.41, 5.74) is -0.932. The van der Waals surface area contributed by atoms with E-state index in [1.807, 2.05) is 0 Å². The Hall–Kier alpha value is -1.09. The van der Waals surface area contributed by atoms with Crippen LogP contribution in [-0.2, 0) is 4.79 Å². The van der Waals surface area contributed by atoms with Crippen LogP contribution in [0.4, 0.5) is 0 Å². The van der Waals surface area contributed by atoms with Gasteiger partial charge in [-0.15, -0.1) is 13.2 Å². The molecule has 1 fully saturated rings. The van der Waals surface area contributed by atoms with Gasteiger partial charge in [0.2, 0.25) is 0 Å². The second-order valence-corrected chi connectivity index (χ2v) is 3.01. The van der Waals surface area contributed by atoms with Crippen molar-refractivity contribution < 1.29 is 9.90 Å². The van der Waals surface area contributed by atoms with Crippen LogP contribution in [0.25, 0.3) is 0 Å². The molecule has 0 aromatic heterocycles. The van der Waals surface area contributed by atoms with Gasteiger partial charge in [0.15, 0.2) is 0 Å². The zero-order chi connectivity index (χ0) is 9.19. The standard InChI is InChI=1S/C9H13NO2/c1-3-7-5-6-9(4-2,10-7)8(11)12/h3-4,7,10H,1-2,5-6H2,(H,11,12). The minimum absolute atomic E-state index is 0.0964.